The molecule has 1 aromatic carbocycles. The molecule has 1 aromatic heterocycles. The second-order valence-electron chi connectivity index (χ2n) is 4.78. The Hall–Kier alpha value is -3.75. The van der Waals surface area contributed by atoms with Crippen LogP contribution in [0.4, 0.5) is 10.5 Å². The number of amides is 5. The molecule has 0 radical (unpaired) electrons. The minimum atomic E-state index is -0.909. The molecule has 0 unspecified atom stereocenters. The minimum absolute atomic E-state index is 0.382. The average molecular weight is 325 g/mol. The van der Waals surface area contributed by atoms with Gasteiger partial charge >= 0.3 is 6.03 Å². The van der Waals surface area contributed by atoms with Crippen molar-refractivity contribution >= 4 is 40.8 Å². The Kier molecular flexibility index (Phi) is 3.89. The Bertz CT molecular complexity index is 865. The maximum absolute atomic E-state index is 11.7. The zero-order chi connectivity index (χ0) is 17.1. The highest BCUT2D eigenvalue weighted by Gasteiger charge is 2.28. The third-order valence-electron chi connectivity index (χ3n) is 3.22. The first-order valence-corrected chi connectivity index (χ1v) is 6.81. The van der Waals surface area contributed by atoms with Gasteiger partial charge in [0, 0.05) is 17.8 Å². The van der Waals surface area contributed by atoms with Crippen LogP contribution in [0.3, 0.4) is 0 Å². The summed E-state index contributed by atoms with van der Waals surface area (Å²) < 4.78 is 0. The maximum Gasteiger partial charge on any atom is 0.328 e. The van der Waals surface area contributed by atoms with Crippen molar-refractivity contribution in [2.45, 2.75) is 0 Å². The van der Waals surface area contributed by atoms with E-state index in [1.54, 1.807) is 24.4 Å². The van der Waals surface area contributed by atoms with Crippen LogP contribution in [0.15, 0.2) is 48.3 Å². The van der Waals surface area contributed by atoms with E-state index in [0.717, 1.165) is 16.6 Å². The molecule has 1 saturated heterocycles. The standard InChI is InChI=1S/C15H11N5O4/c21-8-20(7-10-13(22)17-15(24)18-14(10)23)19-12-5-6-16-11-4-2-1-3-9(11)12/h1-8H,(H,16,19)(H2,17,18,22,23,24). The number of fused-ring (bicyclic) bond motifs is 1. The number of benzene rings is 1. The van der Waals surface area contributed by atoms with Gasteiger partial charge in [0.2, 0.25) is 6.41 Å². The van der Waals surface area contributed by atoms with Crippen LogP contribution in [0.5, 0.6) is 0 Å². The summed E-state index contributed by atoms with van der Waals surface area (Å²) in [5, 5.41) is 5.51. The largest absolute Gasteiger partial charge is 0.328 e. The molecule has 3 rings (SSSR count). The summed E-state index contributed by atoms with van der Waals surface area (Å²) in [6.07, 6.45) is 2.94. The average Bonchev–Trinajstić information content (AvgIpc) is 2.57. The molecular formula is C15H11N5O4. The minimum Gasteiger partial charge on any atom is -0.291 e. The van der Waals surface area contributed by atoms with E-state index in [1.165, 1.54) is 0 Å². The molecule has 0 bridgehead atoms. The summed E-state index contributed by atoms with van der Waals surface area (Å²) in [5.74, 6) is -1.78. The number of urea groups is 1. The zero-order valence-electron chi connectivity index (χ0n) is 12.1. The van der Waals surface area contributed by atoms with Crippen LogP contribution in [0.25, 0.3) is 10.9 Å². The molecule has 5 amide bonds. The van der Waals surface area contributed by atoms with Gasteiger partial charge in [-0.05, 0) is 12.1 Å². The molecule has 1 aliphatic heterocycles. The summed E-state index contributed by atoms with van der Waals surface area (Å²) in [6.45, 7) is 0. The molecule has 0 spiro atoms. The Morgan fingerprint density at radius 1 is 1.04 bits per heavy atom. The van der Waals surface area contributed by atoms with Crippen LogP contribution in [0.2, 0.25) is 0 Å². The molecule has 3 N–H and O–H groups in total. The summed E-state index contributed by atoms with van der Waals surface area (Å²) in [5.41, 5.74) is 3.65. The second kappa shape index (κ2) is 6.16. The number of anilines is 1. The predicted octanol–water partition coefficient (Wildman–Crippen LogP) is 0.270. The summed E-state index contributed by atoms with van der Waals surface area (Å²) in [6, 6.07) is 7.98. The summed E-state index contributed by atoms with van der Waals surface area (Å²) in [7, 11) is 0. The summed E-state index contributed by atoms with van der Waals surface area (Å²) in [4.78, 5) is 49.9. The number of para-hydroxylation sites is 1. The SMILES string of the molecule is O=CN(C=C1C(=O)NC(=O)NC1=O)Nc1ccnc2ccccc12. The Morgan fingerprint density at radius 2 is 1.75 bits per heavy atom. The van der Waals surface area contributed by atoms with E-state index in [4.69, 9.17) is 0 Å². The van der Waals surface area contributed by atoms with Crippen molar-refractivity contribution in [1.29, 1.82) is 0 Å². The number of imide groups is 2. The van der Waals surface area contributed by atoms with Crippen LogP contribution in [-0.4, -0.2) is 34.2 Å². The zero-order valence-corrected chi connectivity index (χ0v) is 12.1. The molecule has 120 valence electrons. The Balaban J connectivity index is 1.91. The van der Waals surface area contributed by atoms with Gasteiger partial charge in [-0.25, -0.2) is 9.80 Å². The monoisotopic (exact) mass is 325 g/mol. The number of carbonyl (C=O) groups is 4. The van der Waals surface area contributed by atoms with E-state index < -0.39 is 17.8 Å². The molecule has 2 aromatic rings. The van der Waals surface area contributed by atoms with Gasteiger partial charge in [-0.2, -0.15) is 0 Å². The third kappa shape index (κ3) is 2.90. The number of hydrazine groups is 1. The van der Waals surface area contributed by atoms with Crippen LogP contribution in [-0.2, 0) is 14.4 Å². The lowest BCUT2D eigenvalue weighted by atomic mass is 10.2. The number of rotatable bonds is 4. The van der Waals surface area contributed by atoms with Gasteiger partial charge < -0.3 is 0 Å². The quantitative estimate of drug-likeness (QED) is 0.321. The number of nitrogens with one attached hydrogen (secondary N) is 3. The van der Waals surface area contributed by atoms with Crippen molar-refractivity contribution in [3.05, 3.63) is 48.3 Å². The lowest BCUT2D eigenvalue weighted by molar-refractivity contribution is -0.124. The summed E-state index contributed by atoms with van der Waals surface area (Å²) >= 11 is 0. The Morgan fingerprint density at radius 3 is 2.46 bits per heavy atom. The topological polar surface area (TPSA) is 121 Å². The lowest BCUT2D eigenvalue weighted by Crippen LogP contribution is -2.52. The van der Waals surface area contributed by atoms with Crippen molar-refractivity contribution in [2.24, 2.45) is 0 Å². The third-order valence-corrected chi connectivity index (χ3v) is 3.22. The first-order valence-electron chi connectivity index (χ1n) is 6.81. The van der Waals surface area contributed by atoms with Gasteiger partial charge in [-0.15, -0.1) is 0 Å². The molecule has 1 fully saturated rings. The molecule has 9 nitrogen and oxygen atoms in total. The van der Waals surface area contributed by atoms with Gasteiger partial charge in [0.15, 0.2) is 0 Å². The van der Waals surface area contributed by atoms with Gasteiger partial charge in [0.25, 0.3) is 11.8 Å². The van der Waals surface area contributed by atoms with E-state index in [0.29, 0.717) is 17.6 Å². The van der Waals surface area contributed by atoms with Crippen LogP contribution >= 0.6 is 0 Å². The van der Waals surface area contributed by atoms with Crippen molar-refractivity contribution < 1.29 is 19.2 Å². The van der Waals surface area contributed by atoms with Crippen LogP contribution in [0, 0.1) is 0 Å². The molecule has 24 heavy (non-hydrogen) atoms. The number of aromatic nitrogens is 1. The number of nitrogens with zero attached hydrogens (tertiary/aromatic N) is 2. The predicted molar refractivity (Wildman–Crippen MR) is 83.0 cm³/mol. The first kappa shape index (κ1) is 15.2. The highest BCUT2D eigenvalue weighted by Crippen LogP contribution is 2.21. The van der Waals surface area contributed by atoms with Gasteiger partial charge in [-0.1, -0.05) is 18.2 Å². The Labute approximate surface area is 135 Å². The van der Waals surface area contributed by atoms with E-state index >= 15 is 0 Å². The second-order valence-corrected chi connectivity index (χ2v) is 4.78. The fourth-order valence-corrected chi connectivity index (χ4v) is 2.15. The van der Waals surface area contributed by atoms with E-state index in [-0.39, 0.29) is 5.57 Å². The fraction of sp³-hybridized carbons (Fsp3) is 0. The smallest absolute Gasteiger partial charge is 0.291 e. The van der Waals surface area contributed by atoms with Crippen LogP contribution in [0.1, 0.15) is 0 Å². The molecule has 1 aliphatic rings. The molecule has 2 heterocycles. The molecule has 0 aliphatic carbocycles. The molecular weight excluding hydrogens is 314 g/mol. The van der Waals surface area contributed by atoms with Gasteiger partial charge in [-0.3, -0.25) is 35.4 Å². The van der Waals surface area contributed by atoms with E-state index in [9.17, 15) is 19.2 Å². The van der Waals surface area contributed by atoms with Gasteiger partial charge in [0.05, 0.1) is 11.2 Å². The highest BCUT2D eigenvalue weighted by molar-refractivity contribution is 6.28. The van der Waals surface area contributed by atoms with Crippen molar-refractivity contribution in [3.63, 3.8) is 0 Å². The van der Waals surface area contributed by atoms with E-state index in [2.05, 4.69) is 10.4 Å². The number of carbonyl (C=O) groups excluding carboxylic acids is 4. The van der Waals surface area contributed by atoms with E-state index in [1.807, 2.05) is 22.8 Å². The molecule has 0 atom stereocenters. The van der Waals surface area contributed by atoms with Crippen molar-refractivity contribution in [2.75, 3.05) is 5.43 Å². The fourth-order valence-electron chi connectivity index (χ4n) is 2.15. The van der Waals surface area contributed by atoms with Gasteiger partial charge in [0.1, 0.15) is 5.57 Å². The normalized spacial score (nSPS) is 14.0. The van der Waals surface area contributed by atoms with Crippen molar-refractivity contribution in [1.82, 2.24) is 20.6 Å². The van der Waals surface area contributed by atoms with Crippen molar-refractivity contribution in [3.8, 4) is 0 Å². The molecule has 9 heteroatoms. The lowest BCUT2D eigenvalue weighted by Gasteiger charge is -2.20. The number of barbiturate groups is 1. The maximum atomic E-state index is 11.7. The number of hydrogen-bond donors (Lipinski definition) is 3. The number of pyridine rings is 1. The number of hydrogen-bond acceptors (Lipinski definition) is 6. The molecule has 0 saturated carbocycles. The highest BCUT2D eigenvalue weighted by atomic mass is 16.2. The van der Waals surface area contributed by atoms with Crippen LogP contribution < -0.4 is 16.1 Å². The first-order chi connectivity index (χ1) is 11.6.